The zero-order valence-electron chi connectivity index (χ0n) is 43.0. The lowest BCUT2D eigenvalue weighted by atomic mass is 9.88. The third-order valence-electron chi connectivity index (χ3n) is 14.0. The number of nitrogens with one attached hydrogen (secondary N) is 2. The molecule has 4 amide bonds. The minimum atomic E-state index is -4.70. The Labute approximate surface area is 436 Å². The van der Waals surface area contributed by atoms with Crippen molar-refractivity contribution in [3.63, 3.8) is 0 Å². The van der Waals surface area contributed by atoms with Crippen molar-refractivity contribution in [2.45, 2.75) is 105 Å². The van der Waals surface area contributed by atoms with Gasteiger partial charge in [0, 0.05) is 46.4 Å². The average Bonchev–Trinajstić information content (AvgIpc) is 3.76. The molecule has 6 aromatic carbocycles. The molecule has 0 saturated heterocycles. The van der Waals surface area contributed by atoms with Crippen LogP contribution in [0.3, 0.4) is 0 Å². The fraction of sp³-hybridized carbons (Fsp3) is 0.300. The van der Waals surface area contributed by atoms with E-state index >= 15 is 0 Å². The minimum Gasteiger partial charge on any atom is -0.383 e. The zero-order chi connectivity index (χ0) is 55.3. The normalized spacial score (nSPS) is 15.3. The third kappa shape index (κ3) is 10.8. The first kappa shape index (κ1) is 54.4. The van der Waals surface area contributed by atoms with Gasteiger partial charge in [-0.2, -0.15) is 26.3 Å². The summed E-state index contributed by atoms with van der Waals surface area (Å²) in [6.45, 7) is 14.0. The van der Waals surface area contributed by atoms with E-state index < -0.39 is 47.8 Å². The van der Waals surface area contributed by atoms with E-state index in [0.29, 0.717) is 29.8 Å². The summed E-state index contributed by atoms with van der Waals surface area (Å²) in [5, 5.41) is 6.71. The molecule has 4 atom stereocenters. The molecule has 0 radical (unpaired) electrons. The predicted octanol–water partition coefficient (Wildman–Crippen LogP) is 14.1. The van der Waals surface area contributed by atoms with Crippen molar-refractivity contribution >= 4 is 57.9 Å². The largest absolute Gasteiger partial charge is 0.399 e. The van der Waals surface area contributed by atoms with E-state index in [1.54, 1.807) is 52.8 Å². The number of imide groups is 2. The van der Waals surface area contributed by atoms with Gasteiger partial charge >= 0.3 is 12.4 Å². The summed E-state index contributed by atoms with van der Waals surface area (Å²) in [7, 11) is 0. The molecule has 4 unspecified atom stereocenters. The molecule has 394 valence electrons. The van der Waals surface area contributed by atoms with E-state index in [-0.39, 0.29) is 108 Å². The van der Waals surface area contributed by atoms with Gasteiger partial charge in [-0.15, -0.1) is 0 Å². The number of benzene rings is 6. The molecule has 0 fully saturated rings. The molecule has 2 aliphatic heterocycles. The van der Waals surface area contributed by atoms with Crippen molar-refractivity contribution in [3.8, 4) is 0 Å². The van der Waals surface area contributed by atoms with Crippen LogP contribution in [0.1, 0.15) is 162 Å². The second-order valence-electron chi connectivity index (χ2n) is 20.4. The number of rotatable bonds is 17. The first-order valence-corrected chi connectivity index (χ1v) is 25.0. The molecule has 10 nitrogen and oxygen atoms in total. The monoisotopic (exact) mass is 1040 g/mol. The van der Waals surface area contributed by atoms with Gasteiger partial charge in [-0.3, -0.25) is 28.8 Å². The maximum absolute atomic E-state index is 14.9. The number of carbonyl (C=O) groups is 6. The molecular formula is C60H56F6N4O6. The first-order valence-electron chi connectivity index (χ1n) is 25.0. The molecule has 0 bridgehead atoms. The molecule has 0 saturated carbocycles. The first-order chi connectivity index (χ1) is 35.7. The number of alkyl halides is 6. The van der Waals surface area contributed by atoms with Crippen molar-refractivity contribution in [1.82, 2.24) is 0 Å². The molecule has 2 heterocycles. The second-order valence-corrected chi connectivity index (χ2v) is 20.4. The van der Waals surface area contributed by atoms with Crippen LogP contribution in [-0.4, -0.2) is 59.6 Å². The van der Waals surface area contributed by atoms with Crippen molar-refractivity contribution in [3.05, 3.63) is 188 Å². The highest BCUT2D eigenvalue weighted by Crippen LogP contribution is 2.44. The zero-order valence-corrected chi connectivity index (χ0v) is 43.0. The number of fused-ring (bicyclic) bond motifs is 2. The van der Waals surface area contributed by atoms with Crippen LogP contribution >= 0.6 is 0 Å². The Morgan fingerprint density at radius 3 is 1.34 bits per heavy atom. The molecular weight excluding hydrogens is 987 g/mol. The second kappa shape index (κ2) is 21.0. The Balaban J connectivity index is 0.877. The Morgan fingerprint density at radius 1 is 0.461 bits per heavy atom. The van der Waals surface area contributed by atoms with Gasteiger partial charge in [0.15, 0.2) is 11.6 Å². The van der Waals surface area contributed by atoms with Crippen molar-refractivity contribution < 1.29 is 55.1 Å². The Hall–Kier alpha value is -7.88. The fourth-order valence-electron chi connectivity index (χ4n) is 9.97. The van der Waals surface area contributed by atoms with Gasteiger partial charge in [-0.1, -0.05) is 88.4 Å². The number of hydrogen-bond acceptors (Lipinski definition) is 8. The van der Waals surface area contributed by atoms with E-state index in [9.17, 15) is 55.1 Å². The minimum absolute atomic E-state index is 0.00192. The van der Waals surface area contributed by atoms with Crippen LogP contribution in [0.25, 0.3) is 0 Å². The summed E-state index contributed by atoms with van der Waals surface area (Å²) in [4.78, 5) is 80.6. The van der Waals surface area contributed by atoms with Crippen LogP contribution in [0.4, 0.5) is 49.1 Å². The van der Waals surface area contributed by atoms with Crippen LogP contribution in [0.15, 0.2) is 121 Å². The van der Waals surface area contributed by atoms with Gasteiger partial charge in [-0.25, -0.2) is 9.80 Å². The highest BCUT2D eigenvalue weighted by Gasteiger charge is 2.45. The highest BCUT2D eigenvalue weighted by molar-refractivity contribution is 6.35. The lowest BCUT2D eigenvalue weighted by Gasteiger charge is -2.25. The van der Waals surface area contributed by atoms with Gasteiger partial charge in [0.05, 0.1) is 33.6 Å². The molecule has 76 heavy (non-hydrogen) atoms. The van der Waals surface area contributed by atoms with E-state index in [4.69, 9.17) is 0 Å². The number of aryl methyl sites for hydroxylation is 2. The SMILES string of the molecule is Cc1cc(C(c2ccc(N3C(=O)c4ccc(C(=O)C(C)C)cc4C3=O)c(C)c2)C(F)(F)F)ccc1NC(C)CCC(C)Nc1ccc(C(c2ccc(N3C(=O)c4ccc(C(=O)C(C)C)cc4C3=O)cc2)C(F)(F)F)cc1. The molecule has 0 aromatic heterocycles. The lowest BCUT2D eigenvalue weighted by molar-refractivity contribution is -0.142. The van der Waals surface area contributed by atoms with Gasteiger partial charge in [0.1, 0.15) is 11.8 Å². The standard InChI is InChI=1S/C60H56F6N4O6/c1-31(2)53(71)41-15-23-45-47(29-41)57(75)69(55(45)73)44-21-13-38(14-22-44)51(59(61,62)63)37-11-19-43(20-12-37)67-35(7)9-10-36(8)68-49-25-17-39(27-33(49)5)52(60(64,65)66)40-18-26-50(34(6)28-40)70-56(74)46-24-16-42(54(72)32(3)4)30-48(46)58(70)76/h11-32,35-36,51-52,67-68H,9-10H2,1-8H3. The van der Waals surface area contributed by atoms with Gasteiger partial charge < -0.3 is 10.6 Å². The number of nitrogens with zero attached hydrogens (tertiary/aromatic N) is 2. The van der Waals surface area contributed by atoms with Crippen molar-refractivity contribution in [2.75, 3.05) is 20.4 Å². The summed E-state index contributed by atoms with van der Waals surface area (Å²) < 4.78 is 89.0. The van der Waals surface area contributed by atoms with E-state index in [1.807, 2.05) is 13.8 Å². The molecule has 2 aliphatic rings. The highest BCUT2D eigenvalue weighted by atomic mass is 19.4. The smallest absolute Gasteiger partial charge is 0.383 e. The number of anilines is 4. The Bertz CT molecular complexity index is 3290. The van der Waals surface area contributed by atoms with E-state index in [0.717, 1.165) is 9.80 Å². The number of Topliss-reactive ketones (excluding diaryl/α,β-unsaturated/α-hetero) is 2. The Kier molecular flexibility index (Phi) is 15.0. The van der Waals surface area contributed by atoms with Crippen LogP contribution < -0.4 is 20.4 Å². The predicted molar refractivity (Wildman–Crippen MR) is 280 cm³/mol. The fourth-order valence-corrected chi connectivity index (χ4v) is 9.97. The average molecular weight is 1040 g/mol. The summed E-state index contributed by atoms with van der Waals surface area (Å²) in [5.41, 5.74) is 2.98. The van der Waals surface area contributed by atoms with E-state index in [2.05, 4.69) is 10.6 Å². The molecule has 0 spiro atoms. The van der Waals surface area contributed by atoms with Gasteiger partial charge in [0.25, 0.3) is 23.6 Å². The quantitative estimate of drug-likeness (QED) is 0.0524. The summed E-state index contributed by atoms with van der Waals surface area (Å²) >= 11 is 0. The molecule has 16 heteroatoms. The van der Waals surface area contributed by atoms with Crippen molar-refractivity contribution in [1.29, 1.82) is 0 Å². The van der Waals surface area contributed by atoms with Gasteiger partial charge in [0.2, 0.25) is 0 Å². The molecule has 0 aliphatic carbocycles. The molecule has 8 rings (SSSR count). The Morgan fingerprint density at radius 2 is 0.868 bits per heavy atom. The number of carbonyl (C=O) groups excluding carboxylic acids is 6. The van der Waals surface area contributed by atoms with E-state index in [1.165, 1.54) is 110 Å². The summed E-state index contributed by atoms with van der Waals surface area (Å²) in [6.07, 6.45) is -8.14. The number of amides is 4. The van der Waals surface area contributed by atoms with Crippen LogP contribution in [-0.2, 0) is 0 Å². The van der Waals surface area contributed by atoms with Crippen molar-refractivity contribution in [2.24, 2.45) is 11.8 Å². The lowest BCUT2D eigenvalue weighted by Crippen LogP contribution is -2.30. The maximum atomic E-state index is 14.9. The number of ketones is 2. The molecule has 2 N–H and O–H groups in total. The third-order valence-corrected chi connectivity index (χ3v) is 14.0. The van der Waals surface area contributed by atoms with Gasteiger partial charge in [-0.05, 0) is 135 Å². The summed E-state index contributed by atoms with van der Waals surface area (Å²) in [6, 6.07) is 27.8. The molecule has 6 aromatic rings. The number of hydrogen-bond donors (Lipinski definition) is 2. The topological polar surface area (TPSA) is 133 Å². The van der Waals surface area contributed by atoms with Crippen LogP contribution in [0, 0.1) is 25.7 Å². The van der Waals surface area contributed by atoms with Crippen LogP contribution in [0.5, 0.6) is 0 Å². The number of halogens is 6. The maximum Gasteiger partial charge on any atom is 0.399 e. The summed E-state index contributed by atoms with van der Waals surface area (Å²) in [5.74, 6) is -7.72. The van der Waals surface area contributed by atoms with Crippen LogP contribution in [0.2, 0.25) is 0 Å².